The zero-order valence-electron chi connectivity index (χ0n) is 10.8. The highest BCUT2D eigenvalue weighted by Gasteiger charge is 2.10. The maximum Gasteiger partial charge on any atom is 0.339 e. The van der Waals surface area contributed by atoms with Gasteiger partial charge in [0.25, 0.3) is 0 Å². The standard InChI is InChI=1S/C14H12N3O2.BrH/c1-19-14(18)13-6-7-17(16-9-13)10-12-4-2-11(8-15)3-5-12;/h2-7,9H,10H2,1H3;1H/q+1;/p-1. The fraction of sp³-hybridized carbons (Fsp3) is 0.143. The SMILES string of the molecule is COC(=O)c1cc[n+](Cc2ccc(C#N)cc2)nc1.[Br-]. The third-order valence-electron chi connectivity index (χ3n) is 2.62. The zero-order valence-corrected chi connectivity index (χ0v) is 12.4. The first-order chi connectivity index (χ1) is 9.22. The number of hydrogen-bond donors (Lipinski definition) is 0. The molecule has 0 radical (unpaired) electrons. The number of nitrogens with zero attached hydrogens (tertiary/aromatic N) is 3. The van der Waals surface area contributed by atoms with Crippen molar-refractivity contribution in [2.75, 3.05) is 7.11 Å². The van der Waals surface area contributed by atoms with Crippen LogP contribution in [0.15, 0.2) is 42.7 Å². The molecule has 2 aromatic rings. The fourth-order valence-corrected chi connectivity index (χ4v) is 1.59. The molecule has 0 spiro atoms. The van der Waals surface area contributed by atoms with Crippen LogP contribution in [-0.4, -0.2) is 18.2 Å². The van der Waals surface area contributed by atoms with Crippen molar-refractivity contribution in [2.45, 2.75) is 6.54 Å². The van der Waals surface area contributed by atoms with Gasteiger partial charge in [0, 0.05) is 11.6 Å². The summed E-state index contributed by atoms with van der Waals surface area (Å²) in [6.45, 7) is 0.577. The number of rotatable bonds is 3. The minimum Gasteiger partial charge on any atom is -1.00 e. The van der Waals surface area contributed by atoms with Crippen molar-refractivity contribution in [1.29, 1.82) is 5.26 Å². The molecule has 1 aromatic heterocycles. The summed E-state index contributed by atoms with van der Waals surface area (Å²) in [5.74, 6) is -0.405. The van der Waals surface area contributed by atoms with Crippen LogP contribution >= 0.6 is 0 Å². The Kier molecular flexibility index (Phi) is 5.81. The lowest BCUT2D eigenvalue weighted by Crippen LogP contribution is -3.00. The van der Waals surface area contributed by atoms with Crippen LogP contribution in [0, 0.1) is 11.3 Å². The van der Waals surface area contributed by atoms with Crippen LogP contribution in [0.3, 0.4) is 0 Å². The molecule has 5 nitrogen and oxygen atoms in total. The van der Waals surface area contributed by atoms with E-state index in [-0.39, 0.29) is 17.0 Å². The Hall–Kier alpha value is -2.26. The van der Waals surface area contributed by atoms with E-state index in [0.29, 0.717) is 17.7 Å². The van der Waals surface area contributed by atoms with Crippen molar-refractivity contribution >= 4 is 5.97 Å². The van der Waals surface area contributed by atoms with Gasteiger partial charge in [-0.15, -0.1) is 0 Å². The number of hydrogen-bond acceptors (Lipinski definition) is 4. The van der Waals surface area contributed by atoms with E-state index < -0.39 is 5.97 Å². The second kappa shape index (κ2) is 7.36. The lowest BCUT2D eigenvalue weighted by atomic mass is 10.1. The van der Waals surface area contributed by atoms with Gasteiger partial charge in [0.15, 0.2) is 12.7 Å². The number of carbonyl (C=O) groups excluding carboxylic acids is 1. The predicted molar refractivity (Wildman–Crippen MR) is 66.0 cm³/mol. The highest BCUT2D eigenvalue weighted by molar-refractivity contribution is 5.88. The highest BCUT2D eigenvalue weighted by Crippen LogP contribution is 2.02. The van der Waals surface area contributed by atoms with Crippen LogP contribution in [0.2, 0.25) is 0 Å². The lowest BCUT2D eigenvalue weighted by Gasteiger charge is -1.98. The van der Waals surface area contributed by atoms with Gasteiger partial charge < -0.3 is 21.7 Å². The smallest absolute Gasteiger partial charge is 0.339 e. The Morgan fingerprint density at radius 2 is 2.05 bits per heavy atom. The van der Waals surface area contributed by atoms with Crippen molar-refractivity contribution in [3.63, 3.8) is 0 Å². The minimum absolute atomic E-state index is 0. The summed E-state index contributed by atoms with van der Waals surface area (Å²) in [6, 6.07) is 11.0. The van der Waals surface area contributed by atoms with Gasteiger partial charge in [0.1, 0.15) is 6.20 Å². The molecule has 20 heavy (non-hydrogen) atoms. The molecule has 1 heterocycles. The molecular formula is C14H12BrN3O2. The second-order valence-electron chi connectivity index (χ2n) is 3.91. The summed E-state index contributed by atoms with van der Waals surface area (Å²) in [4.78, 5) is 11.3. The van der Waals surface area contributed by atoms with Crippen LogP contribution in [-0.2, 0) is 11.3 Å². The van der Waals surface area contributed by atoms with Crippen LogP contribution in [0.25, 0.3) is 0 Å². The summed E-state index contributed by atoms with van der Waals surface area (Å²) >= 11 is 0. The van der Waals surface area contributed by atoms with Crippen LogP contribution < -0.4 is 21.7 Å². The summed E-state index contributed by atoms with van der Waals surface area (Å²) in [7, 11) is 1.33. The number of aromatic nitrogens is 2. The van der Waals surface area contributed by atoms with Crippen molar-refractivity contribution in [3.05, 3.63) is 59.4 Å². The average molecular weight is 334 g/mol. The third-order valence-corrected chi connectivity index (χ3v) is 2.62. The van der Waals surface area contributed by atoms with Gasteiger partial charge in [-0.1, -0.05) is 16.8 Å². The average Bonchev–Trinajstić information content (AvgIpc) is 2.48. The molecule has 0 aliphatic carbocycles. The molecular weight excluding hydrogens is 322 g/mol. The zero-order chi connectivity index (χ0) is 13.7. The molecule has 0 saturated heterocycles. The van der Waals surface area contributed by atoms with Gasteiger partial charge >= 0.3 is 5.97 Å². The van der Waals surface area contributed by atoms with Crippen molar-refractivity contribution < 1.29 is 31.2 Å². The van der Waals surface area contributed by atoms with Crippen LogP contribution in [0.4, 0.5) is 0 Å². The molecule has 0 bridgehead atoms. The number of benzene rings is 1. The molecule has 102 valence electrons. The molecule has 0 aliphatic rings. The minimum atomic E-state index is -0.405. The van der Waals surface area contributed by atoms with E-state index in [0.717, 1.165) is 5.56 Å². The molecule has 0 aliphatic heterocycles. The Morgan fingerprint density at radius 1 is 1.35 bits per heavy atom. The van der Waals surface area contributed by atoms with Gasteiger partial charge in [-0.05, 0) is 17.2 Å². The second-order valence-corrected chi connectivity index (χ2v) is 3.91. The lowest BCUT2D eigenvalue weighted by molar-refractivity contribution is -0.746. The number of nitriles is 1. The molecule has 0 amide bonds. The molecule has 0 atom stereocenters. The fourth-order valence-electron chi connectivity index (χ4n) is 1.59. The first-order valence-electron chi connectivity index (χ1n) is 5.66. The Labute approximate surface area is 127 Å². The molecule has 0 N–H and O–H groups in total. The maximum atomic E-state index is 11.3. The topological polar surface area (TPSA) is 66.9 Å². The van der Waals surface area contributed by atoms with Crippen molar-refractivity contribution in [1.82, 2.24) is 5.10 Å². The summed E-state index contributed by atoms with van der Waals surface area (Å²) in [6.07, 6.45) is 3.18. The summed E-state index contributed by atoms with van der Waals surface area (Å²) < 4.78 is 6.30. The van der Waals surface area contributed by atoms with Crippen LogP contribution in [0.5, 0.6) is 0 Å². The number of halogens is 1. The van der Waals surface area contributed by atoms with E-state index in [1.165, 1.54) is 13.3 Å². The number of carbonyl (C=O) groups is 1. The van der Waals surface area contributed by atoms with Crippen molar-refractivity contribution in [3.8, 4) is 6.07 Å². The first-order valence-corrected chi connectivity index (χ1v) is 5.66. The molecule has 6 heteroatoms. The van der Waals surface area contributed by atoms with E-state index in [2.05, 4.69) is 15.9 Å². The van der Waals surface area contributed by atoms with Gasteiger partial charge in [0.05, 0.1) is 24.3 Å². The van der Waals surface area contributed by atoms with Gasteiger partial charge in [-0.3, -0.25) is 0 Å². The van der Waals surface area contributed by atoms with Crippen LogP contribution in [0.1, 0.15) is 21.5 Å². The molecule has 0 unspecified atom stereocenters. The highest BCUT2D eigenvalue weighted by atomic mass is 79.9. The molecule has 0 fully saturated rings. The van der Waals surface area contributed by atoms with E-state index in [9.17, 15) is 4.79 Å². The molecule has 2 rings (SSSR count). The Morgan fingerprint density at radius 3 is 2.55 bits per heavy atom. The van der Waals surface area contributed by atoms with Gasteiger partial charge in [-0.2, -0.15) is 5.26 Å². The monoisotopic (exact) mass is 333 g/mol. The maximum absolute atomic E-state index is 11.3. The Balaban J connectivity index is 0.00000200. The quantitative estimate of drug-likeness (QED) is 0.485. The Bertz CT molecular complexity index is 618. The summed E-state index contributed by atoms with van der Waals surface area (Å²) in [5.41, 5.74) is 2.07. The number of ether oxygens (including phenoxy) is 1. The van der Waals surface area contributed by atoms with Gasteiger partial charge in [0.2, 0.25) is 0 Å². The normalized spacial score (nSPS) is 9.20. The number of methoxy groups -OCH3 is 1. The number of esters is 1. The van der Waals surface area contributed by atoms with Gasteiger partial charge in [-0.25, -0.2) is 4.79 Å². The van der Waals surface area contributed by atoms with E-state index >= 15 is 0 Å². The largest absolute Gasteiger partial charge is 1.00 e. The van der Waals surface area contributed by atoms with Crippen molar-refractivity contribution in [2.24, 2.45) is 0 Å². The van der Waals surface area contributed by atoms with E-state index in [1.807, 2.05) is 12.1 Å². The molecule has 0 saturated carbocycles. The summed E-state index contributed by atoms with van der Waals surface area (Å²) in [5, 5.41) is 12.8. The predicted octanol–water partition coefficient (Wildman–Crippen LogP) is -1.92. The van der Waals surface area contributed by atoms with E-state index in [1.54, 1.807) is 29.1 Å². The third kappa shape index (κ3) is 3.87. The van der Waals surface area contributed by atoms with E-state index in [4.69, 9.17) is 5.26 Å². The first kappa shape index (κ1) is 15.8. The molecule has 1 aromatic carbocycles.